The molecule has 3 rings (SSSR count). The summed E-state index contributed by atoms with van der Waals surface area (Å²) in [5.74, 6) is -0.205. The summed E-state index contributed by atoms with van der Waals surface area (Å²) in [6, 6.07) is 1.06. The van der Waals surface area contributed by atoms with Gasteiger partial charge in [-0.05, 0) is 13.0 Å². The molecule has 0 N–H and O–H groups in total. The zero-order valence-electron chi connectivity index (χ0n) is 16.0. The smallest absolute Gasteiger partial charge is 0.359 e. The molecule has 27 heavy (non-hydrogen) atoms. The monoisotopic (exact) mass is 388 g/mol. The summed E-state index contributed by atoms with van der Waals surface area (Å²) in [4.78, 5) is 29.6. The van der Waals surface area contributed by atoms with E-state index in [2.05, 4.69) is 39.6 Å². The molecule has 0 atom stereocenters. The van der Waals surface area contributed by atoms with Gasteiger partial charge < -0.3 is 14.0 Å². The van der Waals surface area contributed by atoms with Crippen LogP contribution in [0.1, 0.15) is 17.4 Å². The first-order valence-corrected chi connectivity index (χ1v) is 12.6. The maximum Gasteiger partial charge on any atom is 0.359 e. The van der Waals surface area contributed by atoms with Crippen LogP contribution in [0.5, 0.6) is 0 Å². The van der Waals surface area contributed by atoms with Gasteiger partial charge in [-0.3, -0.25) is 4.57 Å². The molecule has 0 fully saturated rings. The third-order valence-corrected chi connectivity index (χ3v) is 5.60. The highest BCUT2D eigenvalue weighted by molar-refractivity contribution is 6.76. The van der Waals surface area contributed by atoms with E-state index in [1.54, 1.807) is 41.1 Å². The van der Waals surface area contributed by atoms with Crippen molar-refractivity contribution in [3.63, 3.8) is 0 Å². The molecule has 0 saturated heterocycles. The van der Waals surface area contributed by atoms with Crippen LogP contribution in [0.2, 0.25) is 25.7 Å². The average Bonchev–Trinajstić information content (AvgIpc) is 3.27. The number of hydrogen-bond acceptors (Lipinski definition) is 7. The molecule has 3 aromatic rings. The normalized spacial score (nSPS) is 11.9. The summed E-state index contributed by atoms with van der Waals surface area (Å²) in [7, 11) is -1.17. The number of carbonyl (C=O) groups is 1. The fourth-order valence-corrected chi connectivity index (χ4v) is 3.20. The van der Waals surface area contributed by atoms with Gasteiger partial charge >= 0.3 is 5.97 Å². The second-order valence-corrected chi connectivity index (χ2v) is 12.9. The van der Waals surface area contributed by atoms with E-state index < -0.39 is 14.0 Å². The molecular formula is C17H24N6O3Si. The van der Waals surface area contributed by atoms with Gasteiger partial charge in [-0.1, -0.05) is 19.6 Å². The van der Waals surface area contributed by atoms with Crippen molar-refractivity contribution in [1.29, 1.82) is 0 Å². The lowest BCUT2D eigenvalue weighted by molar-refractivity contribution is 0.0519. The van der Waals surface area contributed by atoms with Crippen LogP contribution >= 0.6 is 0 Å². The Hall–Kier alpha value is -2.59. The number of imidazole rings is 2. The second-order valence-electron chi connectivity index (χ2n) is 7.30. The average molecular weight is 389 g/mol. The molecule has 0 bridgehead atoms. The van der Waals surface area contributed by atoms with Crippen molar-refractivity contribution in [3.05, 3.63) is 30.7 Å². The molecule has 0 unspecified atom stereocenters. The van der Waals surface area contributed by atoms with Gasteiger partial charge in [0, 0.05) is 27.1 Å². The Morgan fingerprint density at radius 1 is 1.22 bits per heavy atom. The maximum atomic E-state index is 12.5. The first-order chi connectivity index (χ1) is 12.9. The van der Waals surface area contributed by atoms with E-state index in [4.69, 9.17) is 9.47 Å². The van der Waals surface area contributed by atoms with E-state index in [-0.39, 0.29) is 19.0 Å². The number of esters is 1. The van der Waals surface area contributed by atoms with Gasteiger partial charge in [-0.25, -0.2) is 19.7 Å². The fourth-order valence-electron chi connectivity index (χ4n) is 2.44. The van der Waals surface area contributed by atoms with E-state index in [0.29, 0.717) is 23.7 Å². The topological polar surface area (TPSA) is 97.0 Å². The number of fused-ring (bicyclic) bond motifs is 1. The first kappa shape index (κ1) is 19.2. The van der Waals surface area contributed by atoms with Crippen molar-refractivity contribution >= 4 is 25.2 Å². The van der Waals surface area contributed by atoms with Crippen LogP contribution < -0.4 is 0 Å². The molecule has 0 radical (unpaired) electrons. The predicted octanol–water partition coefficient (Wildman–Crippen LogP) is 2.50. The molecule has 0 aliphatic heterocycles. The quantitative estimate of drug-likeness (QED) is 0.332. The van der Waals surface area contributed by atoms with Crippen molar-refractivity contribution in [3.8, 4) is 5.95 Å². The van der Waals surface area contributed by atoms with Crippen LogP contribution in [-0.4, -0.2) is 56.3 Å². The van der Waals surface area contributed by atoms with Gasteiger partial charge in [0.05, 0.1) is 12.9 Å². The second kappa shape index (κ2) is 7.97. The fraction of sp³-hybridized carbons (Fsp3) is 0.471. The summed E-state index contributed by atoms with van der Waals surface area (Å²) in [6.07, 6.45) is 6.48. The Balaban J connectivity index is 1.93. The minimum atomic E-state index is -1.17. The zero-order chi connectivity index (χ0) is 19.4. The van der Waals surface area contributed by atoms with Crippen molar-refractivity contribution in [1.82, 2.24) is 29.1 Å². The van der Waals surface area contributed by atoms with Crippen LogP contribution in [0.3, 0.4) is 0 Å². The highest BCUT2D eigenvalue weighted by Gasteiger charge is 2.21. The minimum absolute atomic E-state index is 0.164. The summed E-state index contributed by atoms with van der Waals surface area (Å²) in [5.41, 5.74) is 1.08. The Morgan fingerprint density at radius 3 is 2.70 bits per heavy atom. The van der Waals surface area contributed by atoms with E-state index >= 15 is 0 Å². The molecule has 0 aliphatic rings. The lowest BCUT2D eigenvalue weighted by atomic mass is 10.3. The Labute approximate surface area is 158 Å². The highest BCUT2D eigenvalue weighted by Crippen LogP contribution is 2.18. The van der Waals surface area contributed by atoms with Crippen LogP contribution in [0.15, 0.2) is 25.0 Å². The van der Waals surface area contributed by atoms with Crippen molar-refractivity contribution in [2.75, 3.05) is 13.2 Å². The van der Waals surface area contributed by atoms with Gasteiger partial charge in [0.1, 0.15) is 18.6 Å². The molecular weight excluding hydrogens is 364 g/mol. The lowest BCUT2D eigenvalue weighted by Gasteiger charge is -2.15. The van der Waals surface area contributed by atoms with Crippen LogP contribution in [0.4, 0.5) is 0 Å². The summed E-state index contributed by atoms with van der Waals surface area (Å²) < 4.78 is 14.3. The molecule has 3 heterocycles. The molecule has 144 valence electrons. The van der Waals surface area contributed by atoms with Gasteiger partial charge in [0.2, 0.25) is 5.95 Å². The third-order valence-electron chi connectivity index (χ3n) is 3.89. The van der Waals surface area contributed by atoms with Crippen LogP contribution in [-0.2, 0) is 16.2 Å². The van der Waals surface area contributed by atoms with Gasteiger partial charge in [0.15, 0.2) is 11.3 Å². The van der Waals surface area contributed by atoms with Gasteiger partial charge in [-0.15, -0.1) is 0 Å². The van der Waals surface area contributed by atoms with E-state index in [1.165, 1.54) is 0 Å². The predicted molar refractivity (Wildman–Crippen MR) is 103 cm³/mol. The van der Waals surface area contributed by atoms with Crippen LogP contribution in [0.25, 0.3) is 17.1 Å². The number of rotatable bonds is 8. The molecule has 0 aliphatic carbocycles. The summed E-state index contributed by atoms with van der Waals surface area (Å²) in [5, 5.41) is 0. The molecule has 0 saturated carbocycles. The Kier molecular flexibility index (Phi) is 5.66. The zero-order valence-corrected chi connectivity index (χ0v) is 17.0. The number of carbonyl (C=O) groups excluding carboxylic acids is 1. The SMILES string of the molecule is CCOC(=O)c1nc(-n2ccnc2)nc2ncn(COCC[Si](C)(C)C)c12. The Morgan fingerprint density at radius 2 is 2.04 bits per heavy atom. The van der Waals surface area contributed by atoms with E-state index in [9.17, 15) is 4.79 Å². The summed E-state index contributed by atoms with van der Waals surface area (Å²) in [6.45, 7) is 9.85. The number of nitrogens with zero attached hydrogens (tertiary/aromatic N) is 6. The van der Waals surface area contributed by atoms with Crippen molar-refractivity contribution in [2.45, 2.75) is 39.3 Å². The van der Waals surface area contributed by atoms with Gasteiger partial charge in [-0.2, -0.15) is 4.98 Å². The molecule has 9 nitrogen and oxygen atoms in total. The van der Waals surface area contributed by atoms with E-state index in [0.717, 1.165) is 6.04 Å². The standard InChI is InChI=1S/C17H24N6O3Si/c1-5-26-16(24)13-14-15(21-17(20-13)22-7-6-18-10-22)19-11-23(14)12-25-8-9-27(2,3)4/h6-7,10-11H,5,8-9,12H2,1-4H3. The summed E-state index contributed by atoms with van der Waals surface area (Å²) >= 11 is 0. The number of aromatic nitrogens is 6. The highest BCUT2D eigenvalue weighted by atomic mass is 28.3. The lowest BCUT2D eigenvalue weighted by Crippen LogP contribution is -2.22. The van der Waals surface area contributed by atoms with Crippen LogP contribution in [0, 0.1) is 0 Å². The van der Waals surface area contributed by atoms with E-state index in [1.807, 2.05) is 0 Å². The van der Waals surface area contributed by atoms with Gasteiger partial charge in [0.25, 0.3) is 0 Å². The molecule has 10 heteroatoms. The first-order valence-electron chi connectivity index (χ1n) is 8.85. The Bertz CT molecular complexity index is 917. The van der Waals surface area contributed by atoms with Crippen molar-refractivity contribution in [2.24, 2.45) is 0 Å². The minimum Gasteiger partial charge on any atom is -0.461 e. The number of ether oxygens (including phenoxy) is 2. The third kappa shape index (κ3) is 4.58. The largest absolute Gasteiger partial charge is 0.461 e. The molecule has 0 amide bonds. The number of hydrogen-bond donors (Lipinski definition) is 0. The maximum absolute atomic E-state index is 12.5. The molecule has 3 aromatic heterocycles. The van der Waals surface area contributed by atoms with Crippen molar-refractivity contribution < 1.29 is 14.3 Å². The molecule has 0 aromatic carbocycles. The molecule has 0 spiro atoms.